The molecule has 0 amide bonds. The number of benzene rings is 1. The minimum atomic E-state index is 0.735. The number of nitrogens with one attached hydrogen (secondary N) is 1. The summed E-state index contributed by atoms with van der Waals surface area (Å²) >= 11 is 0. The molecule has 0 aromatic heterocycles. The van der Waals surface area contributed by atoms with Gasteiger partial charge in [-0.2, -0.15) is 0 Å². The summed E-state index contributed by atoms with van der Waals surface area (Å²) in [7, 11) is 0. The van der Waals surface area contributed by atoms with E-state index in [0.717, 1.165) is 24.8 Å². The number of hydrogen-bond donors (Lipinski definition) is 1. The molecular weight excluding hydrogens is 198 g/mol. The van der Waals surface area contributed by atoms with Gasteiger partial charge in [-0.3, -0.25) is 0 Å². The number of ether oxygens (including phenoxy) is 1. The fourth-order valence-electron chi connectivity index (χ4n) is 1.99. The van der Waals surface area contributed by atoms with Gasteiger partial charge in [-0.15, -0.1) is 0 Å². The van der Waals surface area contributed by atoms with E-state index < -0.39 is 0 Å². The molecule has 0 radical (unpaired) electrons. The molecule has 0 bridgehead atoms. The Morgan fingerprint density at radius 1 is 1.25 bits per heavy atom. The molecule has 1 aromatic rings. The van der Waals surface area contributed by atoms with Gasteiger partial charge in [-0.1, -0.05) is 18.6 Å². The Morgan fingerprint density at radius 3 is 2.56 bits per heavy atom. The van der Waals surface area contributed by atoms with Crippen LogP contribution in [0, 0.1) is 5.92 Å². The summed E-state index contributed by atoms with van der Waals surface area (Å²) in [6.45, 7) is 4.89. The van der Waals surface area contributed by atoms with Gasteiger partial charge in [0.25, 0.3) is 0 Å². The first-order valence-electron chi connectivity index (χ1n) is 6.31. The van der Waals surface area contributed by atoms with E-state index in [2.05, 4.69) is 17.4 Å². The van der Waals surface area contributed by atoms with Gasteiger partial charge in [-0.05, 0) is 49.9 Å². The van der Waals surface area contributed by atoms with E-state index in [1.165, 1.54) is 31.4 Å². The van der Waals surface area contributed by atoms with Crippen LogP contribution in [0.4, 0.5) is 0 Å². The average Bonchev–Trinajstić information content (AvgIpc) is 2.24. The van der Waals surface area contributed by atoms with Crippen molar-refractivity contribution in [1.82, 2.24) is 5.32 Å². The van der Waals surface area contributed by atoms with Crippen molar-refractivity contribution in [2.75, 3.05) is 13.2 Å². The second-order valence-electron chi connectivity index (χ2n) is 4.50. The zero-order valence-corrected chi connectivity index (χ0v) is 10.0. The molecule has 0 unspecified atom stereocenters. The monoisotopic (exact) mass is 219 g/mol. The Balaban J connectivity index is 1.71. The minimum Gasteiger partial charge on any atom is -0.494 e. The van der Waals surface area contributed by atoms with E-state index in [-0.39, 0.29) is 0 Å². The summed E-state index contributed by atoms with van der Waals surface area (Å²) in [5, 5.41) is 3.51. The van der Waals surface area contributed by atoms with Crippen molar-refractivity contribution in [3.05, 3.63) is 29.8 Å². The molecule has 0 saturated heterocycles. The molecule has 16 heavy (non-hydrogen) atoms. The second-order valence-corrected chi connectivity index (χ2v) is 4.50. The lowest BCUT2D eigenvalue weighted by Crippen LogP contribution is -2.26. The van der Waals surface area contributed by atoms with Gasteiger partial charge < -0.3 is 10.1 Å². The quantitative estimate of drug-likeness (QED) is 0.794. The highest BCUT2D eigenvalue weighted by Gasteiger charge is 2.16. The average molecular weight is 219 g/mol. The largest absolute Gasteiger partial charge is 0.494 e. The Labute approximate surface area is 98.0 Å². The zero-order valence-electron chi connectivity index (χ0n) is 10.0. The SMILES string of the molecule is CCOc1ccc(CNCC2CCC2)cc1. The van der Waals surface area contributed by atoms with Gasteiger partial charge in [0.1, 0.15) is 5.75 Å². The maximum atomic E-state index is 5.41. The van der Waals surface area contributed by atoms with E-state index in [9.17, 15) is 0 Å². The molecule has 0 aliphatic heterocycles. The highest BCUT2D eigenvalue weighted by Crippen LogP contribution is 2.25. The van der Waals surface area contributed by atoms with Crippen LogP contribution >= 0.6 is 0 Å². The molecule has 1 saturated carbocycles. The number of rotatable bonds is 6. The Kier molecular flexibility index (Phi) is 4.23. The number of hydrogen-bond acceptors (Lipinski definition) is 2. The van der Waals surface area contributed by atoms with Crippen molar-refractivity contribution >= 4 is 0 Å². The summed E-state index contributed by atoms with van der Waals surface area (Å²) < 4.78 is 5.41. The second kappa shape index (κ2) is 5.90. The fourth-order valence-corrected chi connectivity index (χ4v) is 1.99. The van der Waals surface area contributed by atoms with Gasteiger partial charge in [0, 0.05) is 6.54 Å². The molecule has 2 nitrogen and oxygen atoms in total. The summed E-state index contributed by atoms with van der Waals surface area (Å²) in [5.74, 6) is 1.90. The lowest BCUT2D eigenvalue weighted by molar-refractivity contribution is 0.301. The first kappa shape index (κ1) is 11.5. The predicted octanol–water partition coefficient (Wildman–Crippen LogP) is 2.98. The van der Waals surface area contributed by atoms with Gasteiger partial charge in [-0.25, -0.2) is 0 Å². The normalized spacial score (nSPS) is 15.8. The summed E-state index contributed by atoms with van der Waals surface area (Å²) in [6.07, 6.45) is 4.25. The molecule has 1 aliphatic rings. The van der Waals surface area contributed by atoms with Crippen LogP contribution in [0.2, 0.25) is 0 Å². The molecule has 1 fully saturated rings. The molecular formula is C14H21NO. The van der Waals surface area contributed by atoms with Crippen LogP contribution in [-0.2, 0) is 6.54 Å². The predicted molar refractivity (Wildman–Crippen MR) is 66.7 cm³/mol. The lowest BCUT2D eigenvalue weighted by atomic mass is 9.85. The van der Waals surface area contributed by atoms with Crippen LogP contribution in [0.25, 0.3) is 0 Å². The Morgan fingerprint density at radius 2 is 2.00 bits per heavy atom. The van der Waals surface area contributed by atoms with Gasteiger partial charge in [0.15, 0.2) is 0 Å². The van der Waals surface area contributed by atoms with Gasteiger partial charge >= 0.3 is 0 Å². The highest BCUT2D eigenvalue weighted by molar-refractivity contribution is 5.27. The van der Waals surface area contributed by atoms with Crippen LogP contribution in [-0.4, -0.2) is 13.2 Å². The third-order valence-corrected chi connectivity index (χ3v) is 3.22. The third kappa shape index (κ3) is 3.24. The van der Waals surface area contributed by atoms with Crippen LogP contribution < -0.4 is 10.1 Å². The maximum absolute atomic E-state index is 5.41. The summed E-state index contributed by atoms with van der Waals surface area (Å²) in [5.41, 5.74) is 1.34. The van der Waals surface area contributed by atoms with Crippen molar-refractivity contribution in [2.45, 2.75) is 32.7 Å². The molecule has 1 N–H and O–H groups in total. The van der Waals surface area contributed by atoms with Crippen molar-refractivity contribution in [2.24, 2.45) is 5.92 Å². The van der Waals surface area contributed by atoms with Crippen LogP contribution in [0.1, 0.15) is 31.7 Å². The van der Waals surface area contributed by atoms with E-state index in [4.69, 9.17) is 4.74 Å². The molecule has 1 aromatic carbocycles. The van der Waals surface area contributed by atoms with Crippen molar-refractivity contribution < 1.29 is 4.74 Å². The van der Waals surface area contributed by atoms with Crippen LogP contribution in [0.3, 0.4) is 0 Å². The molecule has 88 valence electrons. The molecule has 1 aliphatic carbocycles. The van der Waals surface area contributed by atoms with Crippen LogP contribution in [0.15, 0.2) is 24.3 Å². The first-order valence-corrected chi connectivity index (χ1v) is 6.31. The van der Waals surface area contributed by atoms with Gasteiger partial charge in [0.05, 0.1) is 6.61 Å². The lowest BCUT2D eigenvalue weighted by Gasteiger charge is -2.25. The summed E-state index contributed by atoms with van der Waals surface area (Å²) in [4.78, 5) is 0. The topological polar surface area (TPSA) is 21.3 Å². The van der Waals surface area contributed by atoms with Crippen molar-refractivity contribution in [1.29, 1.82) is 0 Å². The molecule has 2 heteroatoms. The van der Waals surface area contributed by atoms with Crippen molar-refractivity contribution in [3.8, 4) is 5.75 Å². The Bertz CT molecular complexity index is 303. The van der Waals surface area contributed by atoms with E-state index in [0.29, 0.717) is 0 Å². The van der Waals surface area contributed by atoms with Crippen LogP contribution in [0.5, 0.6) is 5.75 Å². The fraction of sp³-hybridized carbons (Fsp3) is 0.571. The molecule has 0 heterocycles. The molecule has 2 rings (SSSR count). The highest BCUT2D eigenvalue weighted by atomic mass is 16.5. The van der Waals surface area contributed by atoms with E-state index >= 15 is 0 Å². The maximum Gasteiger partial charge on any atom is 0.119 e. The van der Waals surface area contributed by atoms with Crippen molar-refractivity contribution in [3.63, 3.8) is 0 Å². The zero-order chi connectivity index (χ0) is 11.2. The Hall–Kier alpha value is -1.02. The molecule has 0 atom stereocenters. The van der Waals surface area contributed by atoms with E-state index in [1.807, 2.05) is 19.1 Å². The minimum absolute atomic E-state index is 0.735. The summed E-state index contributed by atoms with van der Waals surface area (Å²) in [6, 6.07) is 8.37. The van der Waals surface area contributed by atoms with E-state index in [1.54, 1.807) is 0 Å². The standard InChI is InChI=1S/C14H21NO/c1-2-16-14-8-6-13(7-9-14)11-15-10-12-4-3-5-12/h6-9,12,15H,2-5,10-11H2,1H3. The first-order chi connectivity index (χ1) is 7.88. The molecule has 0 spiro atoms. The smallest absolute Gasteiger partial charge is 0.119 e. The van der Waals surface area contributed by atoms with Gasteiger partial charge in [0.2, 0.25) is 0 Å². The third-order valence-electron chi connectivity index (χ3n) is 3.22.